The molecule has 96 valence electrons. The van der Waals surface area contributed by atoms with E-state index in [0.29, 0.717) is 0 Å². The van der Waals surface area contributed by atoms with E-state index in [1.54, 1.807) is 0 Å². The van der Waals surface area contributed by atoms with E-state index in [2.05, 4.69) is 38.1 Å². The summed E-state index contributed by atoms with van der Waals surface area (Å²) in [5.41, 5.74) is 4.48. The number of allylic oxidation sites excluding steroid dienone is 1. The highest BCUT2D eigenvalue weighted by Crippen LogP contribution is 2.48. The van der Waals surface area contributed by atoms with Crippen LogP contribution in [0.4, 0.5) is 0 Å². The molecule has 18 heavy (non-hydrogen) atoms. The SMILES string of the molecule is CC1(C)CCc2cc3c(cc2C1(C)O)C=CCC3. The second kappa shape index (κ2) is 3.71. The van der Waals surface area contributed by atoms with Crippen molar-refractivity contribution in [3.05, 3.63) is 40.5 Å². The quantitative estimate of drug-likeness (QED) is 0.733. The normalized spacial score (nSPS) is 28.7. The molecule has 1 aromatic rings. The Morgan fingerprint density at radius 3 is 2.61 bits per heavy atom. The smallest absolute Gasteiger partial charge is 0.0922 e. The molecule has 1 aromatic carbocycles. The van der Waals surface area contributed by atoms with Gasteiger partial charge in [0, 0.05) is 0 Å². The van der Waals surface area contributed by atoms with Gasteiger partial charge in [-0.2, -0.15) is 0 Å². The lowest BCUT2D eigenvalue weighted by Gasteiger charge is -2.46. The summed E-state index contributed by atoms with van der Waals surface area (Å²) in [6.45, 7) is 6.32. The molecule has 0 fully saturated rings. The monoisotopic (exact) mass is 242 g/mol. The van der Waals surface area contributed by atoms with Crippen molar-refractivity contribution in [2.45, 2.75) is 52.1 Å². The minimum Gasteiger partial charge on any atom is -0.385 e. The fraction of sp³-hybridized carbons (Fsp3) is 0.529. The van der Waals surface area contributed by atoms with Crippen LogP contribution in [0, 0.1) is 5.41 Å². The molecule has 0 radical (unpaired) electrons. The van der Waals surface area contributed by atoms with E-state index < -0.39 is 5.60 Å². The molecular weight excluding hydrogens is 220 g/mol. The van der Waals surface area contributed by atoms with Gasteiger partial charge in [-0.25, -0.2) is 0 Å². The molecule has 1 heteroatoms. The van der Waals surface area contributed by atoms with Crippen LogP contribution in [-0.2, 0) is 18.4 Å². The number of hydrogen-bond donors (Lipinski definition) is 1. The third kappa shape index (κ3) is 1.57. The summed E-state index contributed by atoms with van der Waals surface area (Å²) in [5, 5.41) is 10.9. The fourth-order valence-electron chi connectivity index (χ4n) is 3.25. The summed E-state index contributed by atoms with van der Waals surface area (Å²) in [4.78, 5) is 0. The van der Waals surface area contributed by atoms with Crippen molar-refractivity contribution in [2.75, 3.05) is 0 Å². The second-order valence-electron chi connectivity index (χ2n) is 6.61. The van der Waals surface area contributed by atoms with Crippen LogP contribution in [0.3, 0.4) is 0 Å². The third-order valence-corrected chi connectivity index (χ3v) is 5.10. The van der Waals surface area contributed by atoms with Crippen LogP contribution < -0.4 is 0 Å². The second-order valence-corrected chi connectivity index (χ2v) is 6.61. The summed E-state index contributed by atoms with van der Waals surface area (Å²) in [5.74, 6) is 0. The minimum absolute atomic E-state index is 0.0490. The van der Waals surface area contributed by atoms with Crippen LogP contribution in [0.15, 0.2) is 18.2 Å². The van der Waals surface area contributed by atoms with Crippen molar-refractivity contribution in [3.8, 4) is 0 Å². The van der Waals surface area contributed by atoms with Crippen LogP contribution in [0.5, 0.6) is 0 Å². The average Bonchev–Trinajstić information content (AvgIpc) is 2.33. The van der Waals surface area contributed by atoms with E-state index in [0.717, 1.165) is 31.2 Å². The number of fused-ring (bicyclic) bond motifs is 2. The van der Waals surface area contributed by atoms with Gasteiger partial charge in [-0.15, -0.1) is 0 Å². The van der Waals surface area contributed by atoms with Crippen molar-refractivity contribution in [1.82, 2.24) is 0 Å². The lowest BCUT2D eigenvalue weighted by atomic mass is 9.63. The van der Waals surface area contributed by atoms with Crippen molar-refractivity contribution in [3.63, 3.8) is 0 Å². The van der Waals surface area contributed by atoms with Crippen molar-refractivity contribution in [2.24, 2.45) is 5.41 Å². The summed E-state index contributed by atoms with van der Waals surface area (Å²) in [7, 11) is 0. The number of aliphatic hydroxyl groups is 1. The predicted octanol–water partition coefficient (Wildman–Crippen LogP) is 3.83. The largest absolute Gasteiger partial charge is 0.385 e. The molecule has 1 N–H and O–H groups in total. The van der Waals surface area contributed by atoms with E-state index in [1.807, 2.05) is 6.92 Å². The Kier molecular flexibility index (Phi) is 2.47. The van der Waals surface area contributed by atoms with Crippen molar-refractivity contribution >= 4 is 6.08 Å². The van der Waals surface area contributed by atoms with Gasteiger partial charge in [-0.1, -0.05) is 32.1 Å². The molecule has 2 aliphatic carbocycles. The third-order valence-electron chi connectivity index (χ3n) is 5.10. The Balaban J connectivity index is 2.19. The number of aryl methyl sites for hydroxylation is 2. The van der Waals surface area contributed by atoms with Gasteiger partial charge in [0.2, 0.25) is 0 Å². The van der Waals surface area contributed by atoms with Crippen LogP contribution >= 0.6 is 0 Å². The van der Waals surface area contributed by atoms with Crippen LogP contribution in [0.1, 0.15) is 55.9 Å². The highest BCUT2D eigenvalue weighted by atomic mass is 16.3. The van der Waals surface area contributed by atoms with Gasteiger partial charge in [-0.3, -0.25) is 0 Å². The summed E-state index contributed by atoms with van der Waals surface area (Å²) < 4.78 is 0. The Morgan fingerprint density at radius 1 is 1.06 bits per heavy atom. The van der Waals surface area contributed by atoms with Gasteiger partial charge in [0.25, 0.3) is 0 Å². The Labute approximate surface area is 110 Å². The van der Waals surface area contributed by atoms with Gasteiger partial charge < -0.3 is 5.11 Å². The Morgan fingerprint density at radius 2 is 1.83 bits per heavy atom. The molecule has 3 rings (SSSR count). The summed E-state index contributed by atoms with van der Waals surface area (Å²) in [6.07, 6.45) is 8.88. The van der Waals surface area contributed by atoms with E-state index in [-0.39, 0.29) is 5.41 Å². The summed E-state index contributed by atoms with van der Waals surface area (Å²) >= 11 is 0. The molecule has 0 saturated heterocycles. The van der Waals surface area contributed by atoms with Crippen LogP contribution in [-0.4, -0.2) is 5.11 Å². The first-order valence-corrected chi connectivity index (χ1v) is 6.97. The first-order chi connectivity index (χ1) is 8.42. The van der Waals surface area contributed by atoms with Gasteiger partial charge in [0.15, 0.2) is 0 Å². The lowest BCUT2D eigenvalue weighted by Crippen LogP contribution is -2.43. The maximum absolute atomic E-state index is 10.9. The minimum atomic E-state index is -0.721. The molecule has 0 aromatic heterocycles. The van der Waals surface area contributed by atoms with E-state index in [4.69, 9.17) is 0 Å². The molecule has 1 unspecified atom stereocenters. The molecule has 0 spiro atoms. The Bertz CT molecular complexity index is 521. The topological polar surface area (TPSA) is 20.2 Å². The molecule has 0 bridgehead atoms. The van der Waals surface area contributed by atoms with Crippen LogP contribution in [0.2, 0.25) is 0 Å². The zero-order valence-corrected chi connectivity index (χ0v) is 11.6. The standard InChI is InChI=1S/C17H22O/c1-16(2)9-8-14-10-12-6-4-5-7-13(12)11-15(14)17(16,3)18/h5,7,10-11,18H,4,6,8-9H2,1-3H3. The fourth-order valence-corrected chi connectivity index (χ4v) is 3.25. The molecule has 0 amide bonds. The summed E-state index contributed by atoms with van der Waals surface area (Å²) in [6, 6.07) is 4.55. The van der Waals surface area contributed by atoms with Crippen molar-refractivity contribution in [1.29, 1.82) is 0 Å². The van der Waals surface area contributed by atoms with Crippen molar-refractivity contribution < 1.29 is 5.11 Å². The van der Waals surface area contributed by atoms with Gasteiger partial charge in [0.05, 0.1) is 5.60 Å². The first-order valence-electron chi connectivity index (χ1n) is 6.97. The first kappa shape index (κ1) is 12.0. The highest BCUT2D eigenvalue weighted by Gasteiger charge is 2.44. The zero-order valence-electron chi connectivity index (χ0n) is 11.6. The lowest BCUT2D eigenvalue weighted by molar-refractivity contribution is -0.0695. The number of rotatable bonds is 0. The zero-order chi connectivity index (χ0) is 13.0. The molecule has 1 nitrogen and oxygen atoms in total. The maximum atomic E-state index is 10.9. The van der Waals surface area contributed by atoms with Gasteiger partial charge in [0.1, 0.15) is 0 Å². The predicted molar refractivity (Wildman–Crippen MR) is 75.5 cm³/mol. The van der Waals surface area contributed by atoms with E-state index in [1.165, 1.54) is 16.7 Å². The molecule has 1 atom stereocenters. The van der Waals surface area contributed by atoms with Gasteiger partial charge >= 0.3 is 0 Å². The van der Waals surface area contributed by atoms with Crippen LogP contribution in [0.25, 0.3) is 6.08 Å². The Hall–Kier alpha value is -1.08. The van der Waals surface area contributed by atoms with E-state index in [9.17, 15) is 5.11 Å². The highest BCUT2D eigenvalue weighted by molar-refractivity contribution is 5.60. The molecule has 0 saturated carbocycles. The maximum Gasteiger partial charge on any atom is 0.0922 e. The molecule has 0 aliphatic heterocycles. The van der Waals surface area contributed by atoms with E-state index >= 15 is 0 Å². The molecule has 0 heterocycles. The molecule has 2 aliphatic rings. The number of benzene rings is 1. The van der Waals surface area contributed by atoms with Gasteiger partial charge in [-0.05, 0) is 66.3 Å². The molecular formula is C17H22O. The average molecular weight is 242 g/mol. The number of hydrogen-bond acceptors (Lipinski definition) is 1.